The van der Waals surface area contributed by atoms with Gasteiger partial charge in [0, 0.05) is 157 Å². The highest BCUT2D eigenvalue weighted by Gasteiger charge is 2.30. The predicted octanol–water partition coefficient (Wildman–Crippen LogP) is 16.7. The third kappa shape index (κ3) is 21.2. The van der Waals surface area contributed by atoms with Crippen LogP contribution in [0.2, 0.25) is 0 Å². The fraction of sp³-hybridized carbons (Fsp3) is 0.379. The van der Waals surface area contributed by atoms with E-state index in [0.717, 1.165) is 129 Å². The van der Waals surface area contributed by atoms with Gasteiger partial charge in [0.25, 0.3) is 0 Å². The molecule has 7 aromatic heterocycles. The molecule has 0 radical (unpaired) electrons. The molecule has 0 bridgehead atoms. The summed E-state index contributed by atoms with van der Waals surface area (Å²) >= 11 is 0. The second kappa shape index (κ2) is 39.3. The topological polar surface area (TPSA) is 249 Å². The molecule has 8 heterocycles. The number of phenolic OH excluding ortho intramolecular Hbond substituents is 1. The molecule has 590 valence electrons. The maximum Gasteiger partial charge on any atom is 0.329 e. The first-order valence-corrected chi connectivity index (χ1v) is 39.3. The standard InChI is InChI=1S/C23H26N4O.C17H20FN3O2.C16H20N4O.C16H19N3O2.C15H18N4O/c1-25(21-12-14-26(15-13-21)16-19-8-4-2-5-9-19)23(28)27-17-22(24-18-27)20-10-6-3-7-11-20;1-20(13-5-3-4-6-13)17(22)21-10-15(19-11-21)12-7-8-14(18)16(9-12)23-2;1-19(13-7-3-2-4-8-13)16(21)20-11-15(18-12-20)14-9-5-6-10-17-14;1-18(13-4-2-3-5-13)16(21)19-10-15(17-11-19)12-6-8-14(20)9-7-12;1-18(13-6-2-3-7-13)15(20)19-10-14(17-11-19)12-5-4-8-16-9-12/h2-11,17-18,21H,12-16H2,1H3;7-11,13H,3-6H2,1-2H3;5-6,9-13H,2-4,7-8H2,1H3;6-11,13,20H,2-5H2,1H3;4-5,8-11,13H,2-3,6-7H2,1H3. The number of rotatable bonds is 13. The molecule has 0 unspecified atom stereocenters. The molecular weight excluding hydrogens is 1430 g/mol. The zero-order chi connectivity index (χ0) is 79.2. The average molecular weight is 1530 g/mol. The van der Waals surface area contributed by atoms with Gasteiger partial charge in [-0.3, -0.25) is 37.7 Å². The van der Waals surface area contributed by atoms with Crippen LogP contribution in [0.25, 0.3) is 56.4 Å². The van der Waals surface area contributed by atoms with E-state index in [-0.39, 0.29) is 47.7 Å². The van der Waals surface area contributed by atoms with Gasteiger partial charge in [-0.25, -0.2) is 53.3 Å². The second-order valence-electron chi connectivity index (χ2n) is 29.6. The van der Waals surface area contributed by atoms with Crippen molar-refractivity contribution in [2.24, 2.45) is 0 Å². The summed E-state index contributed by atoms with van der Waals surface area (Å²) in [5.41, 5.74) is 9.29. The summed E-state index contributed by atoms with van der Waals surface area (Å²) in [4.78, 5) is 104. The van der Waals surface area contributed by atoms with Gasteiger partial charge in [0.2, 0.25) is 0 Å². The lowest BCUT2D eigenvalue weighted by Gasteiger charge is -2.36. The van der Waals surface area contributed by atoms with Crippen LogP contribution in [0, 0.1) is 5.82 Å². The van der Waals surface area contributed by atoms with Crippen LogP contribution in [-0.2, 0) is 6.54 Å². The molecule has 5 amide bonds. The van der Waals surface area contributed by atoms with Gasteiger partial charge in [-0.05, 0) is 137 Å². The van der Waals surface area contributed by atoms with Crippen molar-refractivity contribution in [1.82, 2.24) is 87.1 Å². The van der Waals surface area contributed by atoms with Crippen LogP contribution in [0.15, 0.2) is 215 Å². The number of ether oxygens (including phenoxy) is 1. The lowest BCUT2D eigenvalue weighted by Crippen LogP contribution is -2.46. The summed E-state index contributed by atoms with van der Waals surface area (Å²) in [5.74, 6) is -0.0469. The number of aromatic nitrogens is 12. The van der Waals surface area contributed by atoms with E-state index < -0.39 is 5.82 Å². The number of hydrogen-bond acceptors (Lipinski definition) is 15. The van der Waals surface area contributed by atoms with Crippen molar-refractivity contribution in [3.63, 3.8) is 0 Å². The van der Waals surface area contributed by atoms with Crippen molar-refractivity contribution in [2.45, 2.75) is 159 Å². The molecule has 0 spiro atoms. The Morgan fingerprint density at radius 1 is 0.389 bits per heavy atom. The lowest BCUT2D eigenvalue weighted by atomic mass is 9.95. The number of aromatic hydroxyl groups is 1. The normalized spacial score (nSPS) is 15.4. The van der Waals surface area contributed by atoms with Crippen LogP contribution in [0.5, 0.6) is 11.5 Å². The first-order chi connectivity index (χ1) is 55.0. The number of carbonyl (C=O) groups excluding carboxylic acids is 5. The Hall–Kier alpha value is -11.9. The van der Waals surface area contributed by atoms with Gasteiger partial charge >= 0.3 is 30.2 Å². The second-order valence-corrected chi connectivity index (χ2v) is 29.6. The zero-order valence-electron chi connectivity index (χ0n) is 65.5. The number of phenols is 1. The van der Waals surface area contributed by atoms with Gasteiger partial charge in [0.1, 0.15) is 43.1 Å². The number of halogens is 1. The summed E-state index contributed by atoms with van der Waals surface area (Å²) in [7, 11) is 10.8. The summed E-state index contributed by atoms with van der Waals surface area (Å²) in [6, 6.07) is 42.7. The number of carbonyl (C=O) groups is 5. The molecule has 5 fully saturated rings. The average Bonchev–Trinajstić information content (AvgIpc) is 1.67. The zero-order valence-corrected chi connectivity index (χ0v) is 65.5. The Kier molecular flexibility index (Phi) is 28.0. The molecule has 1 N–H and O–H groups in total. The minimum Gasteiger partial charge on any atom is -0.508 e. The number of amides is 5. The highest BCUT2D eigenvalue weighted by molar-refractivity contribution is 5.81. The van der Waals surface area contributed by atoms with Gasteiger partial charge in [0.05, 0.1) is 35.6 Å². The van der Waals surface area contributed by atoms with Crippen LogP contribution >= 0.6 is 0 Å². The SMILES string of the molecule is CN(C(=O)n1cnc(-c2ccc(O)cc2)c1)C1CCCC1.CN(C(=O)n1cnc(-c2ccccc2)c1)C1CCN(Cc2ccccc2)CC1.CN(C(=O)n1cnc(-c2ccccn2)c1)C1CCCCC1.CN(C(=O)n1cnc(-c2cccnc2)c1)C1CCCC1.COc1cc(-c2cn(C(=O)N(C)C3CCCC3)cn2)ccc1F. The number of imidazole rings is 5. The van der Waals surface area contributed by atoms with E-state index in [9.17, 15) is 33.5 Å². The highest BCUT2D eigenvalue weighted by Crippen LogP contribution is 2.31. The molecule has 4 saturated carbocycles. The molecule has 16 rings (SSSR count). The largest absolute Gasteiger partial charge is 0.508 e. The number of piperidine rings is 1. The summed E-state index contributed by atoms with van der Waals surface area (Å²) in [6.45, 7) is 3.00. The first kappa shape index (κ1) is 80.6. The van der Waals surface area contributed by atoms with Crippen molar-refractivity contribution in [3.8, 4) is 67.9 Å². The summed E-state index contributed by atoms with van der Waals surface area (Å²) in [5, 5.41) is 9.30. The number of likely N-dealkylation sites (tertiary alicyclic amines) is 1. The van der Waals surface area contributed by atoms with Crippen LogP contribution in [0.4, 0.5) is 28.4 Å². The maximum atomic E-state index is 13.5. The van der Waals surface area contributed by atoms with Crippen molar-refractivity contribution < 1.29 is 38.2 Å². The van der Waals surface area contributed by atoms with E-state index >= 15 is 0 Å². The molecule has 4 aliphatic carbocycles. The van der Waals surface area contributed by atoms with E-state index in [4.69, 9.17) is 4.74 Å². The molecule has 1 saturated heterocycles. The molecular formula is C87H103FN18O7. The third-order valence-electron chi connectivity index (χ3n) is 22.2. The minimum absolute atomic E-state index is 0.0143. The van der Waals surface area contributed by atoms with Crippen LogP contribution in [-0.4, -0.2) is 208 Å². The molecule has 4 aromatic carbocycles. The smallest absolute Gasteiger partial charge is 0.329 e. The van der Waals surface area contributed by atoms with Crippen molar-refractivity contribution in [2.75, 3.05) is 55.4 Å². The minimum atomic E-state index is -0.423. The van der Waals surface area contributed by atoms with Gasteiger partial charge < -0.3 is 34.3 Å². The number of methoxy groups -OCH3 is 1. The summed E-state index contributed by atoms with van der Waals surface area (Å²) in [6.07, 6.45) is 43.3. The van der Waals surface area contributed by atoms with Gasteiger partial charge in [-0.15, -0.1) is 0 Å². The number of benzene rings is 4. The van der Waals surface area contributed by atoms with E-state index in [1.54, 1.807) is 124 Å². The van der Waals surface area contributed by atoms with Crippen LogP contribution in [0.3, 0.4) is 0 Å². The number of nitrogens with zero attached hydrogens (tertiary/aromatic N) is 18. The third-order valence-corrected chi connectivity index (χ3v) is 22.2. The molecule has 1 aliphatic heterocycles. The van der Waals surface area contributed by atoms with Gasteiger partial charge in [-0.2, -0.15) is 0 Å². The quantitative estimate of drug-likeness (QED) is 0.113. The molecule has 11 aromatic rings. The Balaban J connectivity index is 0.000000132. The Morgan fingerprint density at radius 3 is 1.17 bits per heavy atom. The van der Waals surface area contributed by atoms with Crippen molar-refractivity contribution >= 4 is 30.2 Å². The van der Waals surface area contributed by atoms with Crippen LogP contribution < -0.4 is 4.74 Å². The van der Waals surface area contributed by atoms with Gasteiger partial charge in [0.15, 0.2) is 11.6 Å². The summed E-state index contributed by atoms with van der Waals surface area (Å²) < 4.78 is 26.2. The fourth-order valence-corrected chi connectivity index (χ4v) is 15.3. The van der Waals surface area contributed by atoms with Crippen molar-refractivity contribution in [3.05, 3.63) is 226 Å². The lowest BCUT2D eigenvalue weighted by molar-refractivity contribution is 0.132. The highest BCUT2D eigenvalue weighted by atomic mass is 19.1. The molecule has 25 nitrogen and oxygen atoms in total. The Morgan fingerprint density at radius 2 is 0.752 bits per heavy atom. The number of hydrogen-bond donors (Lipinski definition) is 1. The van der Waals surface area contributed by atoms with E-state index in [0.29, 0.717) is 35.4 Å². The Bertz CT molecular complexity index is 4830. The van der Waals surface area contributed by atoms with E-state index in [1.165, 1.54) is 92.0 Å². The molecule has 26 heteroatoms. The first-order valence-electron chi connectivity index (χ1n) is 39.3. The monoisotopic (exact) mass is 1530 g/mol. The predicted molar refractivity (Wildman–Crippen MR) is 433 cm³/mol. The molecule has 113 heavy (non-hydrogen) atoms. The number of pyridine rings is 2. The maximum absolute atomic E-state index is 13.5. The van der Waals surface area contributed by atoms with E-state index in [2.05, 4.69) is 70.1 Å². The van der Waals surface area contributed by atoms with Crippen molar-refractivity contribution in [1.29, 1.82) is 0 Å². The van der Waals surface area contributed by atoms with E-state index in [1.807, 2.05) is 122 Å². The van der Waals surface area contributed by atoms with Crippen LogP contribution in [0.1, 0.15) is 128 Å². The molecule has 0 atom stereocenters. The molecule has 5 aliphatic rings. The van der Waals surface area contributed by atoms with Gasteiger partial charge in [-0.1, -0.05) is 125 Å². The fourth-order valence-electron chi connectivity index (χ4n) is 15.3. The Labute approximate surface area is 660 Å².